The average Bonchev–Trinajstić information content (AvgIpc) is 2.47. The number of hydrogen-bond donors (Lipinski definition) is 1. The summed E-state index contributed by atoms with van der Waals surface area (Å²) in [6.45, 7) is 2.89. The lowest BCUT2D eigenvalue weighted by Gasteiger charge is -2.05. The molecule has 112 valence electrons. The number of unbranched alkanes of at least 4 members (excludes halogenated alkanes) is 5. The summed E-state index contributed by atoms with van der Waals surface area (Å²) in [6, 6.07) is 9.12. The van der Waals surface area contributed by atoms with Crippen LogP contribution in [0.1, 0.15) is 45.4 Å². The van der Waals surface area contributed by atoms with Gasteiger partial charge in [0.15, 0.2) is 0 Å². The van der Waals surface area contributed by atoms with Crippen LogP contribution < -0.4 is 5.32 Å². The van der Waals surface area contributed by atoms with Crippen molar-refractivity contribution in [1.82, 2.24) is 5.32 Å². The van der Waals surface area contributed by atoms with Gasteiger partial charge in [0, 0.05) is 11.4 Å². The summed E-state index contributed by atoms with van der Waals surface area (Å²) in [5.74, 6) is -0.0689. The third kappa shape index (κ3) is 7.43. The number of benzene rings is 1. The second-order valence-electron chi connectivity index (χ2n) is 4.92. The van der Waals surface area contributed by atoms with E-state index >= 15 is 0 Å². The van der Waals surface area contributed by atoms with E-state index in [9.17, 15) is 9.00 Å². The minimum Gasteiger partial charge on any atom is -0.355 e. The van der Waals surface area contributed by atoms with Gasteiger partial charge in [-0.15, -0.1) is 0 Å². The smallest absolute Gasteiger partial charge is 0.232 e. The molecule has 4 heteroatoms. The Morgan fingerprint density at radius 2 is 1.70 bits per heavy atom. The molecule has 1 N–H and O–H groups in total. The fourth-order valence-corrected chi connectivity index (χ4v) is 2.93. The van der Waals surface area contributed by atoms with Gasteiger partial charge in [-0.05, 0) is 18.6 Å². The number of amides is 1. The summed E-state index contributed by atoms with van der Waals surface area (Å²) in [4.78, 5) is 12.4. The second-order valence-corrected chi connectivity index (χ2v) is 6.37. The van der Waals surface area contributed by atoms with Gasteiger partial charge in [0.2, 0.25) is 5.91 Å². The van der Waals surface area contributed by atoms with Crippen molar-refractivity contribution in [3.05, 3.63) is 30.3 Å². The molecule has 0 aliphatic heterocycles. The zero-order chi connectivity index (χ0) is 14.6. The molecule has 3 nitrogen and oxygen atoms in total. The predicted octanol–water partition coefficient (Wildman–Crippen LogP) is 3.27. The van der Waals surface area contributed by atoms with Crippen LogP contribution in [0.5, 0.6) is 0 Å². The van der Waals surface area contributed by atoms with Crippen LogP contribution in [0.4, 0.5) is 0 Å². The summed E-state index contributed by atoms with van der Waals surface area (Å²) >= 11 is 0. The third-order valence-corrected chi connectivity index (χ3v) is 4.44. The van der Waals surface area contributed by atoms with Crippen molar-refractivity contribution >= 4 is 16.7 Å². The van der Waals surface area contributed by atoms with E-state index in [1.54, 1.807) is 12.1 Å². The summed E-state index contributed by atoms with van der Waals surface area (Å²) in [6.07, 6.45) is 7.22. The molecule has 1 amide bonds. The molecule has 0 radical (unpaired) electrons. The first kappa shape index (κ1) is 16.9. The predicted molar refractivity (Wildman–Crippen MR) is 84.1 cm³/mol. The summed E-state index contributed by atoms with van der Waals surface area (Å²) in [7, 11) is -1.24. The Kier molecular flexibility index (Phi) is 8.96. The average molecular weight is 295 g/mol. The maximum Gasteiger partial charge on any atom is 0.232 e. The standard InChI is InChI=1S/C16H25NO2S/c1-2-3-4-5-6-10-13-17-16(18)14-20(19)15-11-8-7-9-12-15/h7-9,11-12H,2-6,10,13-14H2,1H3,(H,17,18). The lowest BCUT2D eigenvalue weighted by atomic mass is 10.1. The fraction of sp³-hybridized carbons (Fsp3) is 0.562. The Morgan fingerprint density at radius 1 is 1.05 bits per heavy atom. The van der Waals surface area contributed by atoms with Gasteiger partial charge in [-0.25, -0.2) is 0 Å². The first-order valence-electron chi connectivity index (χ1n) is 7.44. The van der Waals surface area contributed by atoms with Crippen molar-refractivity contribution in [1.29, 1.82) is 0 Å². The number of rotatable bonds is 10. The Balaban J connectivity index is 2.10. The van der Waals surface area contributed by atoms with Gasteiger partial charge in [0.1, 0.15) is 5.75 Å². The van der Waals surface area contributed by atoms with Crippen LogP contribution in [0.25, 0.3) is 0 Å². The van der Waals surface area contributed by atoms with Gasteiger partial charge in [-0.3, -0.25) is 9.00 Å². The van der Waals surface area contributed by atoms with Crippen LogP contribution >= 0.6 is 0 Å². The zero-order valence-corrected chi connectivity index (χ0v) is 13.1. The lowest BCUT2D eigenvalue weighted by Crippen LogP contribution is -2.29. The Hall–Kier alpha value is -1.16. The molecule has 0 bridgehead atoms. The van der Waals surface area contributed by atoms with Gasteiger partial charge >= 0.3 is 0 Å². The van der Waals surface area contributed by atoms with E-state index in [0.717, 1.165) is 12.8 Å². The van der Waals surface area contributed by atoms with Gasteiger partial charge < -0.3 is 5.32 Å². The van der Waals surface area contributed by atoms with E-state index in [2.05, 4.69) is 12.2 Å². The molecule has 0 spiro atoms. The van der Waals surface area contributed by atoms with Crippen LogP contribution in [0.3, 0.4) is 0 Å². The monoisotopic (exact) mass is 295 g/mol. The van der Waals surface area contributed by atoms with Crippen LogP contribution in [0, 0.1) is 0 Å². The van der Waals surface area contributed by atoms with Crippen molar-refractivity contribution in [2.75, 3.05) is 12.3 Å². The highest BCUT2D eigenvalue weighted by Gasteiger charge is 2.08. The van der Waals surface area contributed by atoms with Crippen LogP contribution in [-0.2, 0) is 15.6 Å². The topological polar surface area (TPSA) is 46.2 Å². The van der Waals surface area contributed by atoms with E-state index in [0.29, 0.717) is 11.4 Å². The van der Waals surface area contributed by atoms with Crippen LogP contribution in [0.15, 0.2) is 35.2 Å². The van der Waals surface area contributed by atoms with E-state index in [-0.39, 0.29) is 11.7 Å². The molecule has 20 heavy (non-hydrogen) atoms. The van der Waals surface area contributed by atoms with Gasteiger partial charge in [-0.2, -0.15) is 0 Å². The molecule has 0 aliphatic rings. The maximum absolute atomic E-state index is 11.9. The molecule has 0 aliphatic carbocycles. The molecule has 0 saturated heterocycles. The number of hydrogen-bond acceptors (Lipinski definition) is 2. The first-order chi connectivity index (χ1) is 9.74. The molecule has 0 aromatic heterocycles. The molecular formula is C16H25NO2S. The Bertz CT molecular complexity index is 406. The molecule has 1 atom stereocenters. The van der Waals surface area contributed by atoms with Crippen LogP contribution in [0.2, 0.25) is 0 Å². The Morgan fingerprint density at radius 3 is 2.40 bits per heavy atom. The van der Waals surface area contributed by atoms with Crippen molar-refractivity contribution < 1.29 is 9.00 Å². The highest BCUT2D eigenvalue weighted by molar-refractivity contribution is 7.85. The van der Waals surface area contributed by atoms with E-state index in [1.165, 1.54) is 25.7 Å². The lowest BCUT2D eigenvalue weighted by molar-refractivity contribution is -0.118. The SMILES string of the molecule is CCCCCCCCNC(=O)CS(=O)c1ccccc1. The first-order valence-corrected chi connectivity index (χ1v) is 8.76. The van der Waals surface area contributed by atoms with Gasteiger partial charge in [0.05, 0.1) is 10.8 Å². The highest BCUT2D eigenvalue weighted by Crippen LogP contribution is 2.06. The summed E-state index contributed by atoms with van der Waals surface area (Å²) in [5, 5.41) is 2.84. The van der Waals surface area contributed by atoms with Crippen molar-refractivity contribution in [2.24, 2.45) is 0 Å². The van der Waals surface area contributed by atoms with Crippen molar-refractivity contribution in [2.45, 2.75) is 50.3 Å². The van der Waals surface area contributed by atoms with Crippen molar-refractivity contribution in [3.8, 4) is 0 Å². The molecular weight excluding hydrogens is 270 g/mol. The third-order valence-electron chi connectivity index (χ3n) is 3.12. The minimum absolute atomic E-state index is 0.0554. The molecule has 0 fully saturated rings. The number of carbonyl (C=O) groups is 1. The van der Waals surface area contributed by atoms with Crippen LogP contribution in [-0.4, -0.2) is 22.4 Å². The maximum atomic E-state index is 11.9. The zero-order valence-electron chi connectivity index (χ0n) is 12.3. The number of carbonyl (C=O) groups excluding carboxylic acids is 1. The molecule has 0 heterocycles. The van der Waals surface area contributed by atoms with E-state index in [1.807, 2.05) is 18.2 Å². The molecule has 1 aromatic carbocycles. The summed E-state index contributed by atoms with van der Waals surface area (Å²) < 4.78 is 11.9. The normalized spacial score (nSPS) is 12.1. The van der Waals surface area contributed by atoms with E-state index < -0.39 is 10.8 Å². The molecule has 0 saturated carbocycles. The van der Waals surface area contributed by atoms with Gasteiger partial charge in [0.25, 0.3) is 0 Å². The highest BCUT2D eigenvalue weighted by atomic mass is 32.2. The molecule has 1 rings (SSSR count). The van der Waals surface area contributed by atoms with E-state index in [4.69, 9.17) is 0 Å². The Labute approximate surface area is 124 Å². The fourth-order valence-electron chi connectivity index (χ4n) is 1.96. The number of nitrogens with one attached hydrogen (secondary N) is 1. The second kappa shape index (κ2) is 10.6. The van der Waals surface area contributed by atoms with Gasteiger partial charge in [-0.1, -0.05) is 57.2 Å². The summed E-state index contributed by atoms with van der Waals surface area (Å²) in [5.41, 5.74) is 0. The van der Waals surface area contributed by atoms with Crippen molar-refractivity contribution in [3.63, 3.8) is 0 Å². The quantitative estimate of drug-likeness (QED) is 0.673. The largest absolute Gasteiger partial charge is 0.355 e. The minimum atomic E-state index is -1.24. The molecule has 1 aromatic rings. The molecule has 1 unspecified atom stereocenters.